The number of carbonyl (C=O) groups excluding carboxylic acids is 1. The standard InChI is InChI=1S/C16H23N3OS/c1-12(14-6-4-3-5-7-14)16(20)19-10-8-18(9-11-19)13(2)15(17)21/h3-7,12-13H,8-11H2,1-2H3,(H2,17,21). The fraction of sp³-hybridized carbons (Fsp3) is 0.500. The number of nitrogens with zero attached hydrogens (tertiary/aromatic N) is 2. The van der Waals surface area contributed by atoms with Crippen LogP contribution in [0, 0.1) is 0 Å². The Morgan fingerprint density at radius 1 is 1.14 bits per heavy atom. The van der Waals surface area contributed by atoms with Gasteiger partial charge in [-0.1, -0.05) is 42.5 Å². The van der Waals surface area contributed by atoms with Gasteiger partial charge in [-0.2, -0.15) is 0 Å². The molecule has 2 rings (SSSR count). The quantitative estimate of drug-likeness (QED) is 0.859. The van der Waals surface area contributed by atoms with E-state index in [4.69, 9.17) is 18.0 Å². The molecule has 1 aromatic rings. The molecule has 114 valence electrons. The minimum atomic E-state index is -0.0919. The highest BCUT2D eigenvalue weighted by Gasteiger charge is 2.27. The van der Waals surface area contributed by atoms with Gasteiger partial charge in [0.1, 0.15) is 0 Å². The summed E-state index contributed by atoms with van der Waals surface area (Å²) < 4.78 is 0. The summed E-state index contributed by atoms with van der Waals surface area (Å²) in [5, 5.41) is 0. The van der Waals surface area contributed by atoms with Crippen molar-refractivity contribution in [2.45, 2.75) is 25.8 Å². The third-order valence-electron chi connectivity index (χ3n) is 4.26. The predicted octanol–water partition coefficient (Wildman–Crippen LogP) is 1.61. The molecule has 1 fully saturated rings. The number of piperazine rings is 1. The van der Waals surface area contributed by atoms with Crippen LogP contribution in [0.25, 0.3) is 0 Å². The van der Waals surface area contributed by atoms with Crippen LogP contribution in [0.1, 0.15) is 25.3 Å². The predicted molar refractivity (Wildman–Crippen MR) is 89.3 cm³/mol. The molecule has 2 N–H and O–H groups in total. The van der Waals surface area contributed by atoms with Crippen LogP contribution in [0.3, 0.4) is 0 Å². The number of carbonyl (C=O) groups is 1. The molecule has 4 nitrogen and oxygen atoms in total. The zero-order valence-electron chi connectivity index (χ0n) is 12.7. The fourth-order valence-electron chi connectivity index (χ4n) is 2.67. The van der Waals surface area contributed by atoms with Crippen LogP contribution in [0.4, 0.5) is 0 Å². The van der Waals surface area contributed by atoms with Crippen LogP contribution in [0.5, 0.6) is 0 Å². The van der Waals surface area contributed by atoms with Gasteiger partial charge in [-0.25, -0.2) is 0 Å². The first-order valence-corrected chi connectivity index (χ1v) is 7.78. The molecule has 21 heavy (non-hydrogen) atoms. The molecular formula is C16H23N3OS. The molecule has 0 saturated carbocycles. The number of nitrogens with two attached hydrogens (primary N) is 1. The fourth-order valence-corrected chi connectivity index (χ4v) is 2.82. The van der Waals surface area contributed by atoms with Crippen molar-refractivity contribution in [1.29, 1.82) is 0 Å². The Hall–Kier alpha value is -1.46. The molecular weight excluding hydrogens is 282 g/mol. The van der Waals surface area contributed by atoms with Crippen LogP contribution in [0.2, 0.25) is 0 Å². The van der Waals surface area contributed by atoms with E-state index in [1.165, 1.54) is 0 Å². The van der Waals surface area contributed by atoms with Gasteiger partial charge in [-0.3, -0.25) is 9.69 Å². The van der Waals surface area contributed by atoms with Gasteiger partial charge < -0.3 is 10.6 Å². The summed E-state index contributed by atoms with van der Waals surface area (Å²) >= 11 is 5.04. The smallest absolute Gasteiger partial charge is 0.229 e. The maximum Gasteiger partial charge on any atom is 0.229 e. The van der Waals surface area contributed by atoms with E-state index < -0.39 is 0 Å². The first kappa shape index (κ1) is 15.9. The highest BCUT2D eigenvalue weighted by molar-refractivity contribution is 7.80. The van der Waals surface area contributed by atoms with Gasteiger partial charge in [-0.05, 0) is 19.4 Å². The monoisotopic (exact) mass is 305 g/mol. The summed E-state index contributed by atoms with van der Waals surface area (Å²) in [4.78, 5) is 17.3. The Morgan fingerprint density at radius 2 is 1.71 bits per heavy atom. The van der Waals surface area contributed by atoms with Gasteiger partial charge >= 0.3 is 0 Å². The maximum absolute atomic E-state index is 12.6. The third-order valence-corrected chi connectivity index (χ3v) is 4.60. The van der Waals surface area contributed by atoms with Crippen LogP contribution in [0.15, 0.2) is 30.3 Å². The summed E-state index contributed by atoms with van der Waals surface area (Å²) in [6.45, 7) is 7.12. The Morgan fingerprint density at radius 3 is 2.24 bits per heavy atom. The molecule has 2 atom stereocenters. The Kier molecular flexibility index (Phi) is 5.31. The molecule has 1 heterocycles. The van der Waals surface area contributed by atoms with Crippen molar-refractivity contribution in [3.05, 3.63) is 35.9 Å². The van der Waals surface area contributed by atoms with Crippen molar-refractivity contribution < 1.29 is 4.79 Å². The van der Waals surface area contributed by atoms with Crippen LogP contribution in [-0.4, -0.2) is 52.9 Å². The van der Waals surface area contributed by atoms with Crippen LogP contribution in [-0.2, 0) is 4.79 Å². The average molecular weight is 305 g/mol. The van der Waals surface area contributed by atoms with E-state index in [0.29, 0.717) is 4.99 Å². The number of amides is 1. The SMILES string of the molecule is CC(C(=O)N1CCN(C(C)C(N)=S)CC1)c1ccccc1. The van der Waals surface area contributed by atoms with Gasteiger partial charge in [0.2, 0.25) is 5.91 Å². The molecule has 5 heteroatoms. The van der Waals surface area contributed by atoms with E-state index in [1.807, 2.05) is 49.1 Å². The van der Waals surface area contributed by atoms with Gasteiger partial charge in [0.15, 0.2) is 0 Å². The second-order valence-electron chi connectivity index (χ2n) is 5.57. The van der Waals surface area contributed by atoms with Crippen molar-refractivity contribution in [3.8, 4) is 0 Å². The molecule has 0 spiro atoms. The molecule has 1 amide bonds. The number of hydrogen-bond donors (Lipinski definition) is 1. The summed E-state index contributed by atoms with van der Waals surface area (Å²) in [6.07, 6.45) is 0. The third kappa shape index (κ3) is 3.80. The Balaban J connectivity index is 1.93. The minimum Gasteiger partial charge on any atom is -0.392 e. The van der Waals surface area contributed by atoms with E-state index in [2.05, 4.69) is 4.90 Å². The molecule has 2 unspecified atom stereocenters. The Bertz CT molecular complexity index is 498. The summed E-state index contributed by atoms with van der Waals surface area (Å²) in [6, 6.07) is 10.0. The van der Waals surface area contributed by atoms with Gasteiger partial charge in [0.05, 0.1) is 16.9 Å². The molecule has 0 aromatic heterocycles. The first-order chi connectivity index (χ1) is 10.0. The lowest BCUT2D eigenvalue weighted by atomic mass is 9.99. The normalized spacial score (nSPS) is 19.0. The molecule has 1 aliphatic heterocycles. The lowest BCUT2D eigenvalue weighted by Crippen LogP contribution is -2.54. The second kappa shape index (κ2) is 7.00. The van der Waals surface area contributed by atoms with Crippen molar-refractivity contribution in [3.63, 3.8) is 0 Å². The zero-order chi connectivity index (χ0) is 15.4. The summed E-state index contributed by atoms with van der Waals surface area (Å²) in [5.41, 5.74) is 6.77. The second-order valence-corrected chi connectivity index (χ2v) is 6.04. The van der Waals surface area contributed by atoms with Gasteiger partial charge in [0, 0.05) is 26.2 Å². The van der Waals surface area contributed by atoms with Crippen molar-refractivity contribution >= 4 is 23.1 Å². The zero-order valence-corrected chi connectivity index (χ0v) is 13.5. The highest BCUT2D eigenvalue weighted by atomic mass is 32.1. The van der Waals surface area contributed by atoms with E-state index in [9.17, 15) is 4.79 Å². The van der Waals surface area contributed by atoms with Crippen molar-refractivity contribution in [2.75, 3.05) is 26.2 Å². The number of rotatable bonds is 4. The van der Waals surface area contributed by atoms with E-state index >= 15 is 0 Å². The Labute approximate surface area is 131 Å². The lowest BCUT2D eigenvalue weighted by Gasteiger charge is -2.38. The maximum atomic E-state index is 12.6. The number of benzene rings is 1. The highest BCUT2D eigenvalue weighted by Crippen LogP contribution is 2.19. The number of thiocarbonyl (C=S) groups is 1. The topological polar surface area (TPSA) is 49.6 Å². The van der Waals surface area contributed by atoms with Gasteiger partial charge in [0.25, 0.3) is 0 Å². The number of hydrogen-bond acceptors (Lipinski definition) is 3. The molecule has 0 bridgehead atoms. The molecule has 0 radical (unpaired) electrons. The molecule has 1 aliphatic rings. The van der Waals surface area contributed by atoms with Gasteiger partial charge in [-0.15, -0.1) is 0 Å². The van der Waals surface area contributed by atoms with E-state index in [0.717, 1.165) is 31.7 Å². The summed E-state index contributed by atoms with van der Waals surface area (Å²) in [7, 11) is 0. The van der Waals surface area contributed by atoms with Crippen LogP contribution >= 0.6 is 12.2 Å². The van der Waals surface area contributed by atoms with E-state index in [-0.39, 0.29) is 17.9 Å². The molecule has 0 aliphatic carbocycles. The lowest BCUT2D eigenvalue weighted by molar-refractivity contribution is -0.134. The molecule has 1 saturated heterocycles. The first-order valence-electron chi connectivity index (χ1n) is 7.38. The largest absolute Gasteiger partial charge is 0.392 e. The summed E-state index contributed by atoms with van der Waals surface area (Å²) in [5.74, 6) is 0.106. The van der Waals surface area contributed by atoms with Crippen molar-refractivity contribution in [2.24, 2.45) is 5.73 Å². The van der Waals surface area contributed by atoms with E-state index in [1.54, 1.807) is 0 Å². The van der Waals surface area contributed by atoms with Crippen LogP contribution < -0.4 is 5.73 Å². The average Bonchev–Trinajstić information content (AvgIpc) is 2.53. The minimum absolute atomic E-state index is 0.0919. The van der Waals surface area contributed by atoms with Crippen molar-refractivity contribution in [1.82, 2.24) is 9.80 Å². The molecule has 1 aromatic carbocycles.